The molecule has 0 unspecified atom stereocenters. The van der Waals surface area contributed by atoms with Crippen LogP contribution in [0.25, 0.3) is 10.8 Å². The van der Waals surface area contributed by atoms with Gasteiger partial charge in [-0.15, -0.1) is 0 Å². The molecule has 1 nitrogen and oxygen atoms in total. The maximum Gasteiger partial charge on any atom is 0.0462 e. The van der Waals surface area contributed by atoms with Crippen molar-refractivity contribution >= 4 is 10.8 Å². The first kappa shape index (κ1) is 13.1. The molecule has 0 amide bonds. The minimum absolute atomic E-state index is 0.899. The topological polar surface area (TPSA) is 9.23 Å². The molecule has 0 aliphatic carbocycles. The second-order valence-electron chi connectivity index (χ2n) is 4.84. The first-order valence-corrected chi connectivity index (χ1v) is 6.87. The van der Waals surface area contributed by atoms with Crippen molar-refractivity contribution in [1.29, 1.82) is 0 Å². The van der Waals surface area contributed by atoms with Crippen molar-refractivity contribution in [1.82, 2.24) is 0 Å². The van der Waals surface area contributed by atoms with Gasteiger partial charge < -0.3 is 4.74 Å². The lowest BCUT2D eigenvalue weighted by Gasteiger charge is -2.04. The minimum atomic E-state index is 0.899. The molecule has 0 fully saturated rings. The summed E-state index contributed by atoms with van der Waals surface area (Å²) in [6.07, 6.45) is 6.24. The zero-order valence-corrected chi connectivity index (χ0v) is 11.2. The van der Waals surface area contributed by atoms with E-state index in [0.29, 0.717) is 0 Å². The first-order chi connectivity index (χ1) is 8.90. The summed E-state index contributed by atoms with van der Waals surface area (Å²) < 4.78 is 5.05. The zero-order chi connectivity index (χ0) is 12.6. The molecule has 18 heavy (non-hydrogen) atoms. The van der Waals surface area contributed by atoms with E-state index in [-0.39, 0.29) is 0 Å². The summed E-state index contributed by atoms with van der Waals surface area (Å²) in [6, 6.07) is 15.4. The van der Waals surface area contributed by atoms with Gasteiger partial charge in [0.2, 0.25) is 0 Å². The van der Waals surface area contributed by atoms with E-state index in [4.69, 9.17) is 4.74 Å². The molecule has 0 aromatic heterocycles. The Labute approximate surface area is 110 Å². The van der Waals surface area contributed by atoms with Crippen molar-refractivity contribution in [2.45, 2.75) is 32.1 Å². The molecule has 2 rings (SSSR count). The average molecular weight is 242 g/mol. The summed E-state index contributed by atoms with van der Waals surface area (Å²) in [7, 11) is 1.77. The molecule has 0 atom stereocenters. The average Bonchev–Trinajstić information content (AvgIpc) is 2.42. The van der Waals surface area contributed by atoms with Crippen molar-refractivity contribution in [2.24, 2.45) is 0 Å². The number of hydrogen-bond acceptors (Lipinski definition) is 1. The van der Waals surface area contributed by atoms with Gasteiger partial charge in [-0.2, -0.15) is 0 Å². The van der Waals surface area contributed by atoms with Crippen molar-refractivity contribution in [3.8, 4) is 0 Å². The van der Waals surface area contributed by atoms with Crippen LogP contribution in [-0.4, -0.2) is 13.7 Å². The molecule has 0 saturated carbocycles. The predicted molar refractivity (Wildman–Crippen MR) is 78.0 cm³/mol. The molecule has 0 N–H and O–H groups in total. The summed E-state index contributed by atoms with van der Waals surface area (Å²) in [6.45, 7) is 0.899. The quantitative estimate of drug-likeness (QED) is 0.645. The third kappa shape index (κ3) is 3.85. The van der Waals surface area contributed by atoms with E-state index in [1.807, 2.05) is 0 Å². The number of benzene rings is 2. The largest absolute Gasteiger partial charge is 0.385 e. The van der Waals surface area contributed by atoms with Gasteiger partial charge in [-0.05, 0) is 35.6 Å². The Morgan fingerprint density at radius 3 is 2.44 bits per heavy atom. The molecule has 0 heterocycles. The van der Waals surface area contributed by atoms with Gasteiger partial charge in [0.1, 0.15) is 0 Å². The van der Waals surface area contributed by atoms with Crippen molar-refractivity contribution in [2.75, 3.05) is 13.7 Å². The number of fused-ring (bicyclic) bond motifs is 1. The van der Waals surface area contributed by atoms with Crippen LogP contribution in [0.4, 0.5) is 0 Å². The third-order valence-corrected chi connectivity index (χ3v) is 3.38. The maximum absolute atomic E-state index is 5.05. The summed E-state index contributed by atoms with van der Waals surface area (Å²) in [5.74, 6) is 0. The van der Waals surface area contributed by atoms with Gasteiger partial charge in [-0.3, -0.25) is 0 Å². The molecule has 0 radical (unpaired) electrons. The molecule has 0 aliphatic heterocycles. The SMILES string of the molecule is COCCCCCCc1ccc2ccccc2c1. The van der Waals surface area contributed by atoms with E-state index < -0.39 is 0 Å². The molecule has 2 aromatic carbocycles. The minimum Gasteiger partial charge on any atom is -0.385 e. The fourth-order valence-electron chi connectivity index (χ4n) is 2.32. The smallest absolute Gasteiger partial charge is 0.0462 e. The van der Waals surface area contributed by atoms with Crippen LogP contribution in [0.15, 0.2) is 42.5 Å². The van der Waals surface area contributed by atoms with Crippen LogP contribution in [0.5, 0.6) is 0 Å². The number of methoxy groups -OCH3 is 1. The van der Waals surface area contributed by atoms with E-state index in [2.05, 4.69) is 42.5 Å². The van der Waals surface area contributed by atoms with Crippen LogP contribution < -0.4 is 0 Å². The molecule has 0 saturated heterocycles. The zero-order valence-electron chi connectivity index (χ0n) is 11.2. The highest BCUT2D eigenvalue weighted by atomic mass is 16.5. The standard InChI is InChI=1S/C17H22O/c1-18-13-7-3-2-4-8-15-11-12-16-9-5-6-10-17(16)14-15/h5-6,9-12,14H,2-4,7-8,13H2,1H3. The van der Waals surface area contributed by atoms with Gasteiger partial charge in [-0.25, -0.2) is 0 Å². The maximum atomic E-state index is 5.05. The highest BCUT2D eigenvalue weighted by molar-refractivity contribution is 5.82. The van der Waals surface area contributed by atoms with Gasteiger partial charge in [0.15, 0.2) is 0 Å². The van der Waals surface area contributed by atoms with E-state index >= 15 is 0 Å². The second kappa shape index (κ2) is 7.17. The summed E-state index contributed by atoms with van der Waals surface area (Å²) in [5, 5.41) is 2.69. The van der Waals surface area contributed by atoms with Crippen molar-refractivity contribution in [3.63, 3.8) is 0 Å². The van der Waals surface area contributed by atoms with E-state index in [9.17, 15) is 0 Å². The normalized spacial score (nSPS) is 10.9. The van der Waals surface area contributed by atoms with Crippen LogP contribution in [0, 0.1) is 0 Å². The Hall–Kier alpha value is -1.34. The lowest BCUT2D eigenvalue weighted by molar-refractivity contribution is 0.192. The lowest BCUT2D eigenvalue weighted by atomic mass is 10.0. The Bertz CT molecular complexity index is 476. The molecule has 0 aliphatic rings. The molecule has 0 spiro atoms. The fourth-order valence-corrected chi connectivity index (χ4v) is 2.32. The Balaban J connectivity index is 1.81. The summed E-state index contributed by atoms with van der Waals surface area (Å²) >= 11 is 0. The van der Waals surface area contributed by atoms with E-state index in [1.165, 1.54) is 48.4 Å². The van der Waals surface area contributed by atoms with Crippen molar-refractivity contribution < 1.29 is 4.74 Å². The fraction of sp³-hybridized carbons (Fsp3) is 0.412. The monoisotopic (exact) mass is 242 g/mol. The lowest BCUT2D eigenvalue weighted by Crippen LogP contribution is -1.90. The van der Waals surface area contributed by atoms with Crippen LogP contribution in [0.2, 0.25) is 0 Å². The van der Waals surface area contributed by atoms with Gasteiger partial charge >= 0.3 is 0 Å². The molecule has 96 valence electrons. The summed E-state index contributed by atoms with van der Waals surface area (Å²) in [5.41, 5.74) is 1.46. The van der Waals surface area contributed by atoms with Gasteiger partial charge in [-0.1, -0.05) is 55.3 Å². The highest BCUT2D eigenvalue weighted by Gasteiger charge is 1.97. The van der Waals surface area contributed by atoms with Gasteiger partial charge in [0.05, 0.1) is 0 Å². The molecular formula is C17H22O. The Morgan fingerprint density at radius 2 is 1.61 bits per heavy atom. The number of rotatable bonds is 7. The van der Waals surface area contributed by atoms with Crippen LogP contribution in [-0.2, 0) is 11.2 Å². The van der Waals surface area contributed by atoms with Gasteiger partial charge in [0.25, 0.3) is 0 Å². The third-order valence-electron chi connectivity index (χ3n) is 3.38. The molecule has 0 bridgehead atoms. The summed E-state index contributed by atoms with van der Waals surface area (Å²) in [4.78, 5) is 0. The molecule has 1 heteroatoms. The van der Waals surface area contributed by atoms with E-state index in [1.54, 1.807) is 7.11 Å². The highest BCUT2D eigenvalue weighted by Crippen LogP contribution is 2.17. The van der Waals surface area contributed by atoms with Gasteiger partial charge in [0, 0.05) is 13.7 Å². The second-order valence-corrected chi connectivity index (χ2v) is 4.84. The molecule has 2 aromatic rings. The first-order valence-electron chi connectivity index (χ1n) is 6.87. The Kier molecular flexibility index (Phi) is 5.22. The number of hydrogen-bond donors (Lipinski definition) is 0. The van der Waals surface area contributed by atoms with Crippen LogP contribution >= 0.6 is 0 Å². The van der Waals surface area contributed by atoms with Crippen LogP contribution in [0.1, 0.15) is 31.2 Å². The van der Waals surface area contributed by atoms with E-state index in [0.717, 1.165) is 6.61 Å². The number of ether oxygens (including phenoxy) is 1. The Morgan fingerprint density at radius 1 is 0.833 bits per heavy atom. The predicted octanol–water partition coefficient (Wildman–Crippen LogP) is 4.59. The molecular weight excluding hydrogens is 220 g/mol. The number of unbranched alkanes of at least 4 members (excludes halogenated alkanes) is 3. The van der Waals surface area contributed by atoms with Crippen LogP contribution in [0.3, 0.4) is 0 Å². The van der Waals surface area contributed by atoms with Crippen molar-refractivity contribution in [3.05, 3.63) is 48.0 Å². The number of aryl methyl sites for hydroxylation is 1.